The van der Waals surface area contributed by atoms with Crippen LogP contribution < -0.4 is 0 Å². The van der Waals surface area contributed by atoms with Gasteiger partial charge < -0.3 is 4.57 Å². The van der Waals surface area contributed by atoms with Gasteiger partial charge >= 0.3 is 0 Å². The molecular formula is C17H22ClN3. The minimum Gasteiger partial charge on any atom is -0.334 e. The Labute approximate surface area is 131 Å². The highest BCUT2D eigenvalue weighted by Crippen LogP contribution is 2.24. The summed E-state index contributed by atoms with van der Waals surface area (Å²) >= 11 is 6.30. The van der Waals surface area contributed by atoms with Crippen LogP contribution in [0, 0.1) is 6.92 Å². The SMILES string of the molecule is Cc1nccn1CCN1CCC[C@@H]1Cc1ccccc1Cl. The molecule has 0 bridgehead atoms. The standard InChI is InChI=1S/C17H22ClN3/c1-14-19-8-10-20(14)11-12-21-9-4-6-16(21)13-15-5-2-3-7-17(15)18/h2-3,5,7-8,10,16H,4,6,9,11-13H2,1H3/t16-/m1/s1. The van der Waals surface area contributed by atoms with Gasteiger partial charge in [0.1, 0.15) is 5.82 Å². The largest absolute Gasteiger partial charge is 0.334 e. The van der Waals surface area contributed by atoms with Crippen LogP contribution in [0.25, 0.3) is 0 Å². The lowest BCUT2D eigenvalue weighted by molar-refractivity contribution is 0.242. The Morgan fingerprint density at radius 3 is 2.90 bits per heavy atom. The Bertz CT molecular complexity index is 593. The normalized spacial score (nSPS) is 19.2. The summed E-state index contributed by atoms with van der Waals surface area (Å²) in [6.45, 7) is 5.37. The third kappa shape index (κ3) is 3.47. The van der Waals surface area contributed by atoms with Gasteiger partial charge in [0.05, 0.1) is 0 Å². The van der Waals surface area contributed by atoms with Gasteiger partial charge in [0, 0.05) is 36.5 Å². The fourth-order valence-electron chi connectivity index (χ4n) is 3.21. The lowest BCUT2D eigenvalue weighted by atomic mass is 10.0. The van der Waals surface area contributed by atoms with Crippen molar-refractivity contribution in [2.45, 2.75) is 38.8 Å². The second-order valence-electron chi connectivity index (χ2n) is 5.80. The lowest BCUT2D eigenvalue weighted by Gasteiger charge is -2.25. The summed E-state index contributed by atoms with van der Waals surface area (Å²) in [7, 11) is 0. The number of halogens is 1. The third-order valence-electron chi connectivity index (χ3n) is 4.46. The van der Waals surface area contributed by atoms with Crippen molar-refractivity contribution in [3.05, 3.63) is 53.1 Å². The van der Waals surface area contributed by atoms with Crippen molar-refractivity contribution in [2.75, 3.05) is 13.1 Å². The molecule has 1 atom stereocenters. The Morgan fingerprint density at radius 1 is 1.29 bits per heavy atom. The van der Waals surface area contributed by atoms with Gasteiger partial charge in [-0.2, -0.15) is 0 Å². The molecule has 0 spiro atoms. The average molecular weight is 304 g/mol. The molecule has 1 aliphatic rings. The molecule has 0 amide bonds. The van der Waals surface area contributed by atoms with Crippen LogP contribution in [-0.2, 0) is 13.0 Å². The molecule has 1 fully saturated rings. The van der Waals surface area contributed by atoms with E-state index in [0.29, 0.717) is 6.04 Å². The number of likely N-dealkylation sites (tertiary alicyclic amines) is 1. The van der Waals surface area contributed by atoms with Gasteiger partial charge in [0.25, 0.3) is 0 Å². The first-order valence-corrected chi connectivity index (χ1v) is 8.07. The van der Waals surface area contributed by atoms with Crippen molar-refractivity contribution in [1.29, 1.82) is 0 Å². The zero-order chi connectivity index (χ0) is 14.7. The Kier molecular flexibility index (Phi) is 4.61. The molecule has 1 aromatic heterocycles. The highest BCUT2D eigenvalue weighted by molar-refractivity contribution is 6.31. The zero-order valence-electron chi connectivity index (χ0n) is 12.5. The van der Waals surface area contributed by atoms with Crippen LogP contribution in [0.4, 0.5) is 0 Å². The Morgan fingerprint density at radius 2 is 2.14 bits per heavy atom. The van der Waals surface area contributed by atoms with Crippen molar-refractivity contribution in [2.24, 2.45) is 0 Å². The van der Waals surface area contributed by atoms with Crippen molar-refractivity contribution >= 4 is 11.6 Å². The number of imidazole rings is 1. The molecule has 3 rings (SSSR count). The molecule has 1 aliphatic heterocycles. The van der Waals surface area contributed by atoms with Gasteiger partial charge in [-0.1, -0.05) is 29.8 Å². The van der Waals surface area contributed by atoms with E-state index < -0.39 is 0 Å². The molecule has 0 N–H and O–H groups in total. The van der Waals surface area contributed by atoms with E-state index in [9.17, 15) is 0 Å². The number of nitrogens with zero attached hydrogens (tertiary/aromatic N) is 3. The Hall–Kier alpha value is -1.32. The summed E-state index contributed by atoms with van der Waals surface area (Å²) in [4.78, 5) is 6.89. The maximum absolute atomic E-state index is 6.30. The molecule has 112 valence electrons. The minimum atomic E-state index is 0.619. The third-order valence-corrected chi connectivity index (χ3v) is 4.83. The highest BCUT2D eigenvalue weighted by Gasteiger charge is 2.24. The van der Waals surface area contributed by atoms with Crippen molar-refractivity contribution in [3.63, 3.8) is 0 Å². The number of aromatic nitrogens is 2. The smallest absolute Gasteiger partial charge is 0.105 e. The maximum Gasteiger partial charge on any atom is 0.105 e. The van der Waals surface area contributed by atoms with Crippen molar-refractivity contribution in [1.82, 2.24) is 14.5 Å². The van der Waals surface area contributed by atoms with E-state index in [1.54, 1.807) is 0 Å². The first-order valence-electron chi connectivity index (χ1n) is 7.69. The topological polar surface area (TPSA) is 21.1 Å². The summed E-state index contributed by atoms with van der Waals surface area (Å²) in [5.74, 6) is 1.09. The van der Waals surface area contributed by atoms with E-state index in [1.807, 2.05) is 18.3 Å². The molecule has 1 saturated heterocycles. The molecule has 2 heterocycles. The van der Waals surface area contributed by atoms with Gasteiger partial charge in [0.2, 0.25) is 0 Å². The summed E-state index contributed by atoms with van der Waals surface area (Å²) in [5.41, 5.74) is 1.27. The van der Waals surface area contributed by atoms with Crippen LogP contribution in [0.15, 0.2) is 36.7 Å². The minimum absolute atomic E-state index is 0.619. The predicted molar refractivity (Wildman–Crippen MR) is 86.7 cm³/mol. The van der Waals surface area contributed by atoms with Crippen LogP contribution in [0.1, 0.15) is 24.2 Å². The van der Waals surface area contributed by atoms with Gasteiger partial charge in [-0.3, -0.25) is 4.90 Å². The summed E-state index contributed by atoms with van der Waals surface area (Å²) in [6, 6.07) is 8.84. The van der Waals surface area contributed by atoms with Crippen LogP contribution in [0.5, 0.6) is 0 Å². The molecule has 21 heavy (non-hydrogen) atoms. The van der Waals surface area contributed by atoms with Gasteiger partial charge in [-0.15, -0.1) is 0 Å². The average Bonchev–Trinajstić information content (AvgIpc) is 3.08. The van der Waals surface area contributed by atoms with E-state index >= 15 is 0 Å². The number of benzene rings is 1. The Balaban J connectivity index is 1.60. The molecule has 2 aromatic rings. The van der Waals surface area contributed by atoms with Crippen molar-refractivity contribution in [3.8, 4) is 0 Å². The summed E-state index contributed by atoms with van der Waals surface area (Å²) < 4.78 is 2.23. The highest BCUT2D eigenvalue weighted by atomic mass is 35.5. The molecule has 0 aliphatic carbocycles. The number of rotatable bonds is 5. The molecule has 0 radical (unpaired) electrons. The van der Waals surface area contributed by atoms with Gasteiger partial charge in [-0.05, 0) is 44.4 Å². The van der Waals surface area contributed by atoms with Crippen LogP contribution >= 0.6 is 11.6 Å². The summed E-state index contributed by atoms with van der Waals surface area (Å²) in [6.07, 6.45) is 7.56. The predicted octanol–water partition coefficient (Wildman–Crippen LogP) is 3.55. The fraction of sp³-hybridized carbons (Fsp3) is 0.471. The molecule has 4 heteroatoms. The van der Waals surface area contributed by atoms with E-state index in [0.717, 1.165) is 30.4 Å². The molecular weight excluding hydrogens is 282 g/mol. The molecule has 0 saturated carbocycles. The number of hydrogen-bond donors (Lipinski definition) is 0. The second-order valence-corrected chi connectivity index (χ2v) is 6.20. The van der Waals surface area contributed by atoms with Crippen LogP contribution in [-0.4, -0.2) is 33.6 Å². The van der Waals surface area contributed by atoms with E-state index in [-0.39, 0.29) is 0 Å². The van der Waals surface area contributed by atoms with E-state index in [4.69, 9.17) is 11.6 Å². The molecule has 1 aromatic carbocycles. The summed E-state index contributed by atoms with van der Waals surface area (Å²) in [5, 5.41) is 0.898. The van der Waals surface area contributed by atoms with Crippen LogP contribution in [0.3, 0.4) is 0 Å². The first kappa shape index (κ1) is 14.6. The number of aryl methyl sites for hydroxylation is 1. The van der Waals surface area contributed by atoms with Gasteiger partial charge in [0.15, 0.2) is 0 Å². The quantitative estimate of drug-likeness (QED) is 0.842. The maximum atomic E-state index is 6.30. The van der Waals surface area contributed by atoms with Gasteiger partial charge in [-0.25, -0.2) is 4.98 Å². The molecule has 3 nitrogen and oxygen atoms in total. The van der Waals surface area contributed by atoms with Crippen molar-refractivity contribution < 1.29 is 0 Å². The van der Waals surface area contributed by atoms with Crippen LogP contribution in [0.2, 0.25) is 5.02 Å². The first-order chi connectivity index (χ1) is 10.2. The fourth-order valence-corrected chi connectivity index (χ4v) is 3.43. The zero-order valence-corrected chi connectivity index (χ0v) is 13.3. The molecule has 0 unspecified atom stereocenters. The monoisotopic (exact) mass is 303 g/mol. The van der Waals surface area contributed by atoms with E-state index in [2.05, 4.69) is 39.7 Å². The number of hydrogen-bond acceptors (Lipinski definition) is 2. The second kappa shape index (κ2) is 6.63. The van der Waals surface area contributed by atoms with E-state index in [1.165, 1.54) is 24.9 Å². The lowest BCUT2D eigenvalue weighted by Crippen LogP contribution is -2.34.